The lowest BCUT2D eigenvalue weighted by atomic mass is 9.93. The van der Waals surface area contributed by atoms with Crippen molar-refractivity contribution in [2.75, 3.05) is 19.8 Å². The summed E-state index contributed by atoms with van der Waals surface area (Å²) in [5, 5.41) is 0. The van der Waals surface area contributed by atoms with Crippen LogP contribution in [0.2, 0.25) is 0 Å². The third-order valence-corrected chi connectivity index (χ3v) is 7.00. The predicted octanol–water partition coefficient (Wildman–Crippen LogP) is 10.1. The summed E-state index contributed by atoms with van der Waals surface area (Å²) in [7, 11) is 0. The molecule has 1 aromatic heterocycles. The first-order valence-corrected chi connectivity index (χ1v) is 16.7. The highest BCUT2D eigenvalue weighted by Crippen LogP contribution is 2.28. The molecule has 0 aliphatic carbocycles. The Morgan fingerprint density at radius 1 is 1.00 bits per heavy atom. The number of hydrogen-bond acceptors (Lipinski definition) is 6. The molecule has 0 saturated carbocycles. The van der Waals surface area contributed by atoms with Crippen LogP contribution in [-0.2, 0) is 19.1 Å². The standard InChI is InChI=1S/C19H28N2O.C14H24O3.2C2H6/c1-6-16(8-7-13(2)3)18-14(4)15(5)20-19(21-18)17-9-11-22-12-10-17;1-4-7-13(8-5-2)9-6-10-14(16)11-17-12(3)15;2*1-2/h7-8,17H,6,9-12H2,1-5H3;4,13H,1,5-11H2,2-3H3;2*1-2H3/b16-8+;;;. The smallest absolute Gasteiger partial charge is 0.303 e. The number of hydrogen-bond donors (Lipinski definition) is 0. The first-order valence-electron chi connectivity index (χ1n) is 16.7. The van der Waals surface area contributed by atoms with Gasteiger partial charge in [0.25, 0.3) is 0 Å². The summed E-state index contributed by atoms with van der Waals surface area (Å²) in [5.41, 5.74) is 6.01. The molecular weight excluding hydrogens is 536 g/mol. The van der Waals surface area contributed by atoms with E-state index in [0.29, 0.717) is 18.3 Å². The number of rotatable bonds is 14. The van der Waals surface area contributed by atoms with Crippen molar-refractivity contribution in [2.45, 2.75) is 140 Å². The number of nitrogens with zero attached hydrogens (tertiary/aromatic N) is 2. The second-order valence-corrected chi connectivity index (χ2v) is 10.7. The Bertz CT molecular complexity index is 971. The van der Waals surface area contributed by atoms with Crippen molar-refractivity contribution in [1.29, 1.82) is 0 Å². The van der Waals surface area contributed by atoms with Crippen LogP contribution in [-0.4, -0.2) is 41.5 Å². The Labute approximate surface area is 264 Å². The lowest BCUT2D eigenvalue weighted by Crippen LogP contribution is -2.18. The summed E-state index contributed by atoms with van der Waals surface area (Å²) >= 11 is 0. The van der Waals surface area contributed by atoms with Crippen LogP contribution < -0.4 is 0 Å². The van der Waals surface area contributed by atoms with Crippen molar-refractivity contribution in [1.82, 2.24) is 9.97 Å². The minimum atomic E-state index is -0.395. The quantitative estimate of drug-likeness (QED) is 0.120. The van der Waals surface area contributed by atoms with Crippen LogP contribution in [0, 0.1) is 19.8 Å². The fourth-order valence-corrected chi connectivity index (χ4v) is 4.60. The number of carbonyl (C=O) groups excluding carboxylic acids is 2. The summed E-state index contributed by atoms with van der Waals surface area (Å²) in [4.78, 5) is 31.6. The van der Waals surface area contributed by atoms with Gasteiger partial charge in [0.2, 0.25) is 0 Å². The Morgan fingerprint density at radius 2 is 1.63 bits per heavy atom. The molecule has 2 rings (SSSR count). The Hall–Kier alpha value is -2.60. The molecule has 1 unspecified atom stereocenters. The molecule has 2 heterocycles. The summed E-state index contributed by atoms with van der Waals surface area (Å²) in [6.45, 7) is 27.5. The number of ketones is 1. The molecule has 1 aliphatic heterocycles. The van der Waals surface area contributed by atoms with E-state index in [0.717, 1.165) is 69.0 Å². The largest absolute Gasteiger partial charge is 0.458 e. The van der Waals surface area contributed by atoms with E-state index in [2.05, 4.69) is 65.0 Å². The number of allylic oxidation sites excluding steroid dienone is 5. The van der Waals surface area contributed by atoms with Crippen molar-refractivity contribution in [3.63, 3.8) is 0 Å². The Morgan fingerprint density at radius 3 is 2.14 bits per heavy atom. The Balaban J connectivity index is 0. The van der Waals surface area contributed by atoms with Gasteiger partial charge in [-0.05, 0) is 83.3 Å². The maximum atomic E-state index is 11.3. The van der Waals surface area contributed by atoms with Crippen molar-refractivity contribution < 1.29 is 19.1 Å². The van der Waals surface area contributed by atoms with E-state index in [1.165, 1.54) is 36.5 Å². The van der Waals surface area contributed by atoms with E-state index in [1.54, 1.807) is 0 Å². The highest BCUT2D eigenvalue weighted by atomic mass is 16.5. The highest BCUT2D eigenvalue weighted by Gasteiger charge is 2.21. The molecule has 0 aromatic carbocycles. The lowest BCUT2D eigenvalue weighted by molar-refractivity contribution is -0.145. The normalized spacial score (nSPS) is 13.5. The van der Waals surface area contributed by atoms with Crippen LogP contribution in [0.25, 0.3) is 5.57 Å². The van der Waals surface area contributed by atoms with Gasteiger partial charge in [-0.15, -0.1) is 6.58 Å². The number of Topliss-reactive ketones (excluding diaryl/α,β-unsaturated/α-hetero) is 1. The van der Waals surface area contributed by atoms with Crippen LogP contribution in [0.1, 0.15) is 149 Å². The summed E-state index contributed by atoms with van der Waals surface area (Å²) in [6.07, 6.45) is 15.2. The molecule has 0 bridgehead atoms. The molecule has 1 fully saturated rings. The minimum Gasteiger partial charge on any atom is -0.458 e. The number of carbonyl (C=O) groups is 2. The van der Waals surface area contributed by atoms with Gasteiger partial charge in [-0.1, -0.05) is 78.2 Å². The van der Waals surface area contributed by atoms with Crippen LogP contribution in [0.3, 0.4) is 0 Å². The topological polar surface area (TPSA) is 78.4 Å². The SMILES string of the molecule is C=CCC(CCC)CCCC(=O)COC(C)=O.CC.CC.CC/C(=C\C=C(C)C)c1nc(C2CCOCC2)nc(C)c1C. The van der Waals surface area contributed by atoms with Crippen molar-refractivity contribution >= 4 is 17.3 Å². The molecule has 1 aliphatic rings. The van der Waals surface area contributed by atoms with Crippen molar-refractivity contribution in [2.24, 2.45) is 5.92 Å². The minimum absolute atomic E-state index is 0.00838. The lowest BCUT2D eigenvalue weighted by Gasteiger charge is -2.22. The summed E-state index contributed by atoms with van der Waals surface area (Å²) < 4.78 is 10.1. The Kier molecular flexibility index (Phi) is 26.7. The zero-order valence-electron chi connectivity index (χ0n) is 29.6. The van der Waals surface area contributed by atoms with Gasteiger partial charge < -0.3 is 9.47 Å². The van der Waals surface area contributed by atoms with Gasteiger partial charge in [-0.2, -0.15) is 0 Å². The average Bonchev–Trinajstić information content (AvgIpc) is 3.01. The molecule has 6 nitrogen and oxygen atoms in total. The van der Waals surface area contributed by atoms with Crippen molar-refractivity contribution in [3.8, 4) is 0 Å². The van der Waals surface area contributed by atoms with Crippen molar-refractivity contribution in [3.05, 3.63) is 53.2 Å². The fraction of sp³-hybridized carbons (Fsp3) is 0.676. The second-order valence-electron chi connectivity index (χ2n) is 10.7. The van der Waals surface area contributed by atoms with Crippen LogP contribution in [0.15, 0.2) is 30.4 Å². The maximum Gasteiger partial charge on any atom is 0.303 e. The van der Waals surface area contributed by atoms with E-state index in [-0.39, 0.29) is 12.4 Å². The molecule has 1 saturated heterocycles. The van der Waals surface area contributed by atoms with Gasteiger partial charge in [-0.3, -0.25) is 9.59 Å². The highest BCUT2D eigenvalue weighted by molar-refractivity contribution is 5.81. The monoisotopic (exact) mass is 600 g/mol. The fourth-order valence-electron chi connectivity index (χ4n) is 4.60. The number of ether oxygens (including phenoxy) is 2. The number of aromatic nitrogens is 2. The third kappa shape index (κ3) is 19.3. The van der Waals surface area contributed by atoms with Crippen LogP contribution >= 0.6 is 0 Å². The van der Waals surface area contributed by atoms with E-state index in [9.17, 15) is 9.59 Å². The maximum absolute atomic E-state index is 11.3. The molecule has 0 radical (unpaired) electrons. The van der Waals surface area contributed by atoms with E-state index >= 15 is 0 Å². The van der Waals surface area contributed by atoms with Crippen LogP contribution in [0.4, 0.5) is 0 Å². The van der Waals surface area contributed by atoms with Gasteiger partial charge in [0.05, 0.1) is 5.69 Å². The molecular formula is C37H64N2O4. The summed E-state index contributed by atoms with van der Waals surface area (Å²) in [6, 6.07) is 0. The van der Waals surface area contributed by atoms with Gasteiger partial charge in [0.15, 0.2) is 5.78 Å². The third-order valence-electron chi connectivity index (χ3n) is 7.00. The zero-order chi connectivity index (χ0) is 33.2. The molecule has 0 N–H and O–H groups in total. The molecule has 0 amide bonds. The molecule has 1 aromatic rings. The average molecular weight is 601 g/mol. The van der Waals surface area contributed by atoms with E-state index < -0.39 is 5.97 Å². The van der Waals surface area contributed by atoms with E-state index in [4.69, 9.17) is 14.7 Å². The van der Waals surface area contributed by atoms with E-state index in [1.807, 2.05) is 33.8 Å². The molecule has 1 atom stereocenters. The first kappa shape index (κ1) is 42.5. The zero-order valence-corrected chi connectivity index (χ0v) is 29.6. The molecule has 0 spiro atoms. The van der Waals surface area contributed by atoms with Gasteiger partial charge >= 0.3 is 5.97 Å². The number of aryl methyl sites for hydroxylation is 1. The first-order chi connectivity index (χ1) is 20.6. The molecule has 6 heteroatoms. The number of esters is 1. The van der Waals surface area contributed by atoms with Gasteiger partial charge in [0.1, 0.15) is 12.4 Å². The molecule has 43 heavy (non-hydrogen) atoms. The second kappa shape index (κ2) is 27.0. The van der Waals surface area contributed by atoms with Gasteiger partial charge in [0, 0.05) is 38.2 Å². The summed E-state index contributed by atoms with van der Waals surface area (Å²) in [5.74, 6) is 1.69. The van der Waals surface area contributed by atoms with Crippen LogP contribution in [0.5, 0.6) is 0 Å². The van der Waals surface area contributed by atoms with Gasteiger partial charge in [-0.25, -0.2) is 9.97 Å². The predicted molar refractivity (Wildman–Crippen MR) is 183 cm³/mol. The molecule has 246 valence electrons.